The molecule has 1 fully saturated rings. The lowest BCUT2D eigenvalue weighted by atomic mass is 9.48. The summed E-state index contributed by atoms with van der Waals surface area (Å²) in [6, 6.07) is 1.74. The van der Waals surface area contributed by atoms with Gasteiger partial charge in [0.1, 0.15) is 5.75 Å². The van der Waals surface area contributed by atoms with E-state index in [9.17, 15) is 4.79 Å². The van der Waals surface area contributed by atoms with Crippen molar-refractivity contribution in [1.29, 1.82) is 0 Å². The molecule has 1 heterocycles. The molecule has 0 aromatic carbocycles. The van der Waals surface area contributed by atoms with E-state index in [1.165, 1.54) is 13.3 Å². The summed E-state index contributed by atoms with van der Waals surface area (Å²) < 4.78 is 5.18. The molecule has 1 aliphatic rings. The van der Waals surface area contributed by atoms with E-state index >= 15 is 0 Å². The van der Waals surface area contributed by atoms with Crippen molar-refractivity contribution in [1.82, 2.24) is 10.3 Å². The molecule has 5 nitrogen and oxygen atoms in total. The Kier molecular flexibility index (Phi) is 3.50. The summed E-state index contributed by atoms with van der Waals surface area (Å²) in [5, 5.41) is 3.09. The Morgan fingerprint density at radius 2 is 1.95 bits per heavy atom. The summed E-state index contributed by atoms with van der Waals surface area (Å²) in [6.45, 7) is 8.32. The summed E-state index contributed by atoms with van der Waals surface area (Å²) in [4.78, 5) is 16.4. The van der Waals surface area contributed by atoms with Crippen LogP contribution >= 0.6 is 0 Å². The Morgan fingerprint density at radius 3 is 2.50 bits per heavy atom. The van der Waals surface area contributed by atoms with E-state index in [2.05, 4.69) is 38.0 Å². The molecule has 1 aromatic heterocycles. The second kappa shape index (κ2) is 4.74. The molecule has 5 heteroatoms. The number of nitrogens with two attached hydrogens (primary N) is 1. The number of ether oxygens (including phenoxy) is 1. The zero-order valence-electron chi connectivity index (χ0n) is 12.7. The molecule has 0 spiro atoms. The van der Waals surface area contributed by atoms with Crippen LogP contribution in [0.2, 0.25) is 0 Å². The number of rotatable bonds is 3. The molecule has 3 N–H and O–H groups in total. The molecule has 0 radical (unpaired) electrons. The highest BCUT2D eigenvalue weighted by atomic mass is 16.5. The molecule has 0 bridgehead atoms. The molecule has 0 aliphatic heterocycles. The summed E-state index contributed by atoms with van der Waals surface area (Å²) in [5.74, 6) is 0.325. The molecule has 20 heavy (non-hydrogen) atoms. The smallest absolute Gasteiger partial charge is 0.255 e. The van der Waals surface area contributed by atoms with Crippen molar-refractivity contribution in [2.75, 3.05) is 7.11 Å². The lowest BCUT2D eigenvalue weighted by Crippen LogP contribution is -2.76. The minimum absolute atomic E-state index is 0.0235. The molecule has 0 atom stereocenters. The Hall–Kier alpha value is -1.62. The fourth-order valence-corrected chi connectivity index (χ4v) is 3.49. The predicted octanol–water partition coefficient (Wildman–Crippen LogP) is 1.58. The normalized spacial score (nSPS) is 26.5. The topological polar surface area (TPSA) is 77.2 Å². The van der Waals surface area contributed by atoms with Crippen molar-refractivity contribution in [2.24, 2.45) is 16.6 Å². The second-order valence-corrected chi connectivity index (χ2v) is 6.60. The van der Waals surface area contributed by atoms with Crippen LogP contribution in [0.1, 0.15) is 38.1 Å². The van der Waals surface area contributed by atoms with Gasteiger partial charge in [0.15, 0.2) is 0 Å². The van der Waals surface area contributed by atoms with Gasteiger partial charge < -0.3 is 15.8 Å². The quantitative estimate of drug-likeness (QED) is 0.879. The van der Waals surface area contributed by atoms with Crippen LogP contribution in [-0.4, -0.2) is 30.1 Å². The molecule has 0 unspecified atom stereocenters. The van der Waals surface area contributed by atoms with Gasteiger partial charge in [0, 0.05) is 29.1 Å². The SMILES string of the molecule is COc1cnccc1C(=O)NC1C(C)(C)C(N)C1(C)C. The average Bonchev–Trinajstić information content (AvgIpc) is 2.43. The highest BCUT2D eigenvalue weighted by Crippen LogP contribution is 2.52. The van der Waals surface area contributed by atoms with Gasteiger partial charge in [-0.15, -0.1) is 0 Å². The Bertz CT molecular complexity index is 510. The van der Waals surface area contributed by atoms with Gasteiger partial charge >= 0.3 is 0 Å². The number of hydrogen-bond acceptors (Lipinski definition) is 4. The number of nitrogens with zero attached hydrogens (tertiary/aromatic N) is 1. The minimum atomic E-state index is -0.151. The third kappa shape index (κ3) is 2.06. The van der Waals surface area contributed by atoms with Crippen molar-refractivity contribution in [3.05, 3.63) is 24.0 Å². The molecule has 110 valence electrons. The first kappa shape index (κ1) is 14.8. The van der Waals surface area contributed by atoms with Crippen LogP contribution in [0.3, 0.4) is 0 Å². The average molecular weight is 277 g/mol. The van der Waals surface area contributed by atoms with Crippen molar-refractivity contribution in [3.8, 4) is 5.75 Å². The number of carbonyl (C=O) groups is 1. The summed E-state index contributed by atoms with van der Waals surface area (Å²) in [6.07, 6.45) is 3.12. The maximum atomic E-state index is 12.5. The fraction of sp³-hybridized carbons (Fsp3) is 0.600. The first-order chi connectivity index (χ1) is 9.22. The van der Waals surface area contributed by atoms with Gasteiger partial charge in [-0.05, 0) is 6.07 Å². The van der Waals surface area contributed by atoms with Gasteiger partial charge in [0.25, 0.3) is 5.91 Å². The summed E-state index contributed by atoms with van der Waals surface area (Å²) >= 11 is 0. The number of carbonyl (C=O) groups excluding carboxylic acids is 1. The maximum absolute atomic E-state index is 12.5. The van der Waals surface area contributed by atoms with E-state index in [0.29, 0.717) is 11.3 Å². The third-order valence-electron chi connectivity index (χ3n) is 4.62. The minimum Gasteiger partial charge on any atom is -0.494 e. The maximum Gasteiger partial charge on any atom is 0.255 e. The van der Waals surface area contributed by atoms with Crippen LogP contribution in [0, 0.1) is 10.8 Å². The number of methoxy groups -OCH3 is 1. The standard InChI is InChI=1S/C15H23N3O2/c1-14(2)12(16)15(3,4)13(14)18-11(19)9-6-7-17-8-10(9)20-5/h6-8,12-13H,16H2,1-5H3,(H,18,19). The highest BCUT2D eigenvalue weighted by molar-refractivity contribution is 5.97. The van der Waals surface area contributed by atoms with Gasteiger partial charge in [-0.3, -0.25) is 9.78 Å². The lowest BCUT2D eigenvalue weighted by molar-refractivity contribution is -0.0663. The largest absolute Gasteiger partial charge is 0.494 e. The van der Waals surface area contributed by atoms with Crippen LogP contribution in [0.15, 0.2) is 18.5 Å². The highest BCUT2D eigenvalue weighted by Gasteiger charge is 2.60. The number of aromatic nitrogens is 1. The van der Waals surface area contributed by atoms with E-state index in [1.807, 2.05) is 0 Å². The molecular formula is C15H23N3O2. The molecule has 2 rings (SSSR count). The Labute approximate surface area is 119 Å². The van der Waals surface area contributed by atoms with Crippen LogP contribution in [0.4, 0.5) is 0 Å². The fourth-order valence-electron chi connectivity index (χ4n) is 3.49. The van der Waals surface area contributed by atoms with E-state index in [-0.39, 0.29) is 28.8 Å². The van der Waals surface area contributed by atoms with Crippen molar-refractivity contribution < 1.29 is 9.53 Å². The number of amides is 1. The van der Waals surface area contributed by atoms with Crippen LogP contribution < -0.4 is 15.8 Å². The number of hydrogen-bond donors (Lipinski definition) is 2. The van der Waals surface area contributed by atoms with Crippen molar-refractivity contribution in [3.63, 3.8) is 0 Å². The van der Waals surface area contributed by atoms with E-state index < -0.39 is 0 Å². The molecular weight excluding hydrogens is 254 g/mol. The Balaban J connectivity index is 2.20. The second-order valence-electron chi connectivity index (χ2n) is 6.60. The number of nitrogens with one attached hydrogen (secondary N) is 1. The molecule has 1 saturated carbocycles. The monoisotopic (exact) mass is 277 g/mol. The first-order valence-corrected chi connectivity index (χ1v) is 6.77. The van der Waals surface area contributed by atoms with Crippen LogP contribution in [0.25, 0.3) is 0 Å². The van der Waals surface area contributed by atoms with Crippen molar-refractivity contribution >= 4 is 5.91 Å². The molecule has 1 aliphatic carbocycles. The van der Waals surface area contributed by atoms with Gasteiger partial charge in [-0.25, -0.2) is 0 Å². The van der Waals surface area contributed by atoms with E-state index in [4.69, 9.17) is 10.5 Å². The van der Waals surface area contributed by atoms with Crippen LogP contribution in [0.5, 0.6) is 5.75 Å². The first-order valence-electron chi connectivity index (χ1n) is 6.77. The molecule has 1 amide bonds. The van der Waals surface area contributed by atoms with E-state index in [0.717, 1.165) is 0 Å². The summed E-state index contributed by atoms with van der Waals surface area (Å²) in [5.41, 5.74) is 6.45. The van der Waals surface area contributed by atoms with Gasteiger partial charge in [-0.2, -0.15) is 0 Å². The molecule has 0 saturated heterocycles. The summed E-state index contributed by atoms with van der Waals surface area (Å²) in [7, 11) is 1.53. The molecule has 1 aromatic rings. The predicted molar refractivity (Wildman–Crippen MR) is 77.6 cm³/mol. The lowest BCUT2D eigenvalue weighted by Gasteiger charge is -2.62. The third-order valence-corrected chi connectivity index (χ3v) is 4.62. The van der Waals surface area contributed by atoms with Gasteiger partial charge in [0.05, 0.1) is 18.9 Å². The zero-order chi connectivity index (χ0) is 15.1. The van der Waals surface area contributed by atoms with Gasteiger partial charge in [0.2, 0.25) is 0 Å². The van der Waals surface area contributed by atoms with Crippen molar-refractivity contribution in [2.45, 2.75) is 39.8 Å². The Morgan fingerprint density at radius 1 is 1.35 bits per heavy atom. The van der Waals surface area contributed by atoms with Gasteiger partial charge in [-0.1, -0.05) is 27.7 Å². The van der Waals surface area contributed by atoms with Crippen LogP contribution in [-0.2, 0) is 0 Å². The van der Waals surface area contributed by atoms with E-state index in [1.54, 1.807) is 12.3 Å². The number of pyridine rings is 1. The zero-order valence-corrected chi connectivity index (χ0v) is 12.7.